The van der Waals surface area contributed by atoms with Crippen LogP contribution in [0.25, 0.3) is 0 Å². The molecular formula is C14H23NOS. The molecule has 0 saturated heterocycles. The molecule has 0 radical (unpaired) electrons. The topological polar surface area (TPSA) is 21.3 Å². The molecule has 1 aromatic rings. The van der Waals surface area contributed by atoms with Crippen molar-refractivity contribution in [2.45, 2.75) is 32.1 Å². The molecule has 0 heterocycles. The molecule has 0 aliphatic heterocycles. The third-order valence-corrected chi connectivity index (χ3v) is 3.71. The van der Waals surface area contributed by atoms with E-state index in [0.717, 1.165) is 30.7 Å². The van der Waals surface area contributed by atoms with Crippen molar-refractivity contribution >= 4 is 11.8 Å². The smallest absolute Gasteiger partial charge is 0.119 e. The summed E-state index contributed by atoms with van der Waals surface area (Å²) in [6.45, 7) is 6.99. The van der Waals surface area contributed by atoms with Gasteiger partial charge in [-0.05, 0) is 43.8 Å². The number of nitrogens with one attached hydrogen (secondary N) is 1. The number of ether oxygens (including phenoxy) is 1. The lowest BCUT2D eigenvalue weighted by Gasteiger charge is -2.10. The van der Waals surface area contributed by atoms with E-state index in [-0.39, 0.29) is 0 Å². The highest BCUT2D eigenvalue weighted by atomic mass is 32.2. The van der Waals surface area contributed by atoms with Crippen LogP contribution < -0.4 is 10.1 Å². The summed E-state index contributed by atoms with van der Waals surface area (Å²) in [5.74, 6) is 0.962. The van der Waals surface area contributed by atoms with Gasteiger partial charge in [0.2, 0.25) is 0 Å². The Kier molecular flexibility index (Phi) is 7.13. The minimum Gasteiger partial charge on any atom is -0.494 e. The number of hydrogen-bond donors (Lipinski definition) is 1. The van der Waals surface area contributed by atoms with Crippen LogP contribution in [0.5, 0.6) is 5.75 Å². The van der Waals surface area contributed by atoms with E-state index >= 15 is 0 Å². The molecule has 0 aliphatic carbocycles. The van der Waals surface area contributed by atoms with E-state index in [1.165, 1.54) is 12.0 Å². The molecule has 3 heteroatoms. The summed E-state index contributed by atoms with van der Waals surface area (Å²) in [4.78, 5) is 0. The largest absolute Gasteiger partial charge is 0.494 e. The number of thioether (sulfide) groups is 1. The maximum atomic E-state index is 5.48. The second kappa shape index (κ2) is 8.43. The summed E-state index contributed by atoms with van der Waals surface area (Å²) in [6.07, 6.45) is 3.38. The molecule has 2 nitrogen and oxygen atoms in total. The Bertz CT molecular complexity index is 317. The van der Waals surface area contributed by atoms with Crippen molar-refractivity contribution in [3.63, 3.8) is 0 Å². The van der Waals surface area contributed by atoms with Gasteiger partial charge in [0.25, 0.3) is 0 Å². The van der Waals surface area contributed by atoms with Crippen LogP contribution in [0, 0.1) is 0 Å². The molecule has 0 fully saturated rings. The Hall–Kier alpha value is -0.670. The molecule has 1 unspecified atom stereocenters. The van der Waals surface area contributed by atoms with E-state index < -0.39 is 0 Å². The zero-order valence-corrected chi connectivity index (χ0v) is 11.8. The van der Waals surface area contributed by atoms with Gasteiger partial charge in [-0.15, -0.1) is 0 Å². The molecule has 0 aromatic heterocycles. The van der Waals surface area contributed by atoms with Crippen molar-refractivity contribution < 1.29 is 4.74 Å². The van der Waals surface area contributed by atoms with Crippen LogP contribution in [-0.4, -0.2) is 24.7 Å². The number of hydrogen-bond acceptors (Lipinski definition) is 3. The van der Waals surface area contributed by atoms with Gasteiger partial charge >= 0.3 is 0 Å². The molecule has 1 N–H and O–H groups in total. The Morgan fingerprint density at radius 2 is 2.24 bits per heavy atom. The zero-order valence-electron chi connectivity index (χ0n) is 11.0. The van der Waals surface area contributed by atoms with Crippen molar-refractivity contribution in [1.29, 1.82) is 0 Å². The summed E-state index contributed by atoms with van der Waals surface area (Å²) < 4.78 is 5.48. The summed E-state index contributed by atoms with van der Waals surface area (Å²) in [6, 6.07) is 8.29. The van der Waals surface area contributed by atoms with Crippen LogP contribution in [-0.2, 0) is 6.54 Å². The first-order valence-electron chi connectivity index (χ1n) is 6.21. The van der Waals surface area contributed by atoms with E-state index in [1.807, 2.05) is 30.8 Å². The first-order valence-corrected chi connectivity index (χ1v) is 7.50. The maximum absolute atomic E-state index is 5.48. The fourth-order valence-corrected chi connectivity index (χ4v) is 1.92. The first kappa shape index (κ1) is 14.4. The molecule has 0 spiro atoms. The molecule has 0 saturated carbocycles. The molecular weight excluding hydrogens is 230 g/mol. The van der Waals surface area contributed by atoms with E-state index in [9.17, 15) is 0 Å². The molecule has 1 aromatic carbocycles. The predicted molar refractivity (Wildman–Crippen MR) is 76.9 cm³/mol. The molecule has 0 amide bonds. The SMILES string of the molecule is CCOc1cccc(CNCCC(C)SC)c1. The van der Waals surface area contributed by atoms with Crippen molar-refractivity contribution in [3.05, 3.63) is 29.8 Å². The molecule has 0 aliphatic rings. The van der Waals surface area contributed by atoms with Gasteiger partial charge in [0.1, 0.15) is 5.75 Å². The molecule has 96 valence electrons. The summed E-state index contributed by atoms with van der Waals surface area (Å²) in [7, 11) is 0. The van der Waals surface area contributed by atoms with Gasteiger partial charge in [-0.3, -0.25) is 0 Å². The van der Waals surface area contributed by atoms with E-state index in [0.29, 0.717) is 0 Å². The molecule has 1 atom stereocenters. The van der Waals surface area contributed by atoms with E-state index in [2.05, 4.69) is 30.6 Å². The lowest BCUT2D eigenvalue weighted by atomic mass is 10.2. The second-order valence-corrected chi connectivity index (χ2v) is 5.37. The van der Waals surface area contributed by atoms with Gasteiger partial charge < -0.3 is 10.1 Å². The highest BCUT2D eigenvalue weighted by Crippen LogP contribution is 2.13. The standard InChI is InChI=1S/C14H23NOS/c1-4-16-14-7-5-6-13(10-14)11-15-9-8-12(2)17-3/h5-7,10,12,15H,4,8-9,11H2,1-3H3. The van der Waals surface area contributed by atoms with Gasteiger partial charge in [0.15, 0.2) is 0 Å². The van der Waals surface area contributed by atoms with E-state index in [4.69, 9.17) is 4.74 Å². The fraction of sp³-hybridized carbons (Fsp3) is 0.571. The Morgan fingerprint density at radius 1 is 1.41 bits per heavy atom. The first-order chi connectivity index (χ1) is 8.26. The van der Waals surface area contributed by atoms with Gasteiger partial charge in [-0.2, -0.15) is 11.8 Å². The lowest BCUT2D eigenvalue weighted by Crippen LogP contribution is -2.17. The summed E-state index contributed by atoms with van der Waals surface area (Å²) >= 11 is 1.92. The molecule has 17 heavy (non-hydrogen) atoms. The third-order valence-electron chi connectivity index (χ3n) is 2.67. The van der Waals surface area contributed by atoms with Crippen molar-refractivity contribution in [3.8, 4) is 5.75 Å². The Balaban J connectivity index is 2.28. The summed E-state index contributed by atoms with van der Waals surface area (Å²) in [5, 5.41) is 4.20. The van der Waals surface area contributed by atoms with Crippen molar-refractivity contribution in [2.24, 2.45) is 0 Å². The van der Waals surface area contributed by atoms with E-state index in [1.54, 1.807) is 0 Å². The van der Waals surface area contributed by atoms with Gasteiger partial charge in [-0.1, -0.05) is 19.1 Å². The Labute approximate surface area is 109 Å². The Morgan fingerprint density at radius 3 is 2.94 bits per heavy atom. The van der Waals surface area contributed by atoms with Crippen molar-refractivity contribution in [1.82, 2.24) is 5.32 Å². The van der Waals surface area contributed by atoms with Crippen LogP contribution >= 0.6 is 11.8 Å². The predicted octanol–water partition coefficient (Wildman–Crippen LogP) is 3.32. The van der Waals surface area contributed by atoms with Crippen LogP contribution in [0.15, 0.2) is 24.3 Å². The fourth-order valence-electron chi connectivity index (χ4n) is 1.57. The molecule has 0 bridgehead atoms. The maximum Gasteiger partial charge on any atom is 0.119 e. The van der Waals surface area contributed by atoms with Crippen LogP contribution in [0.2, 0.25) is 0 Å². The quantitative estimate of drug-likeness (QED) is 0.718. The lowest BCUT2D eigenvalue weighted by molar-refractivity contribution is 0.340. The average molecular weight is 253 g/mol. The minimum atomic E-state index is 0.724. The molecule has 1 rings (SSSR count). The van der Waals surface area contributed by atoms with Crippen LogP contribution in [0.4, 0.5) is 0 Å². The highest BCUT2D eigenvalue weighted by Gasteiger charge is 1.99. The highest BCUT2D eigenvalue weighted by molar-refractivity contribution is 7.99. The van der Waals surface area contributed by atoms with Crippen LogP contribution in [0.1, 0.15) is 25.8 Å². The average Bonchev–Trinajstić information content (AvgIpc) is 2.35. The van der Waals surface area contributed by atoms with Gasteiger partial charge in [0, 0.05) is 11.8 Å². The third kappa shape index (κ3) is 5.99. The van der Waals surface area contributed by atoms with Gasteiger partial charge in [-0.25, -0.2) is 0 Å². The monoisotopic (exact) mass is 253 g/mol. The van der Waals surface area contributed by atoms with Gasteiger partial charge in [0.05, 0.1) is 6.61 Å². The second-order valence-electron chi connectivity index (χ2n) is 4.09. The van der Waals surface area contributed by atoms with Crippen LogP contribution in [0.3, 0.4) is 0 Å². The zero-order chi connectivity index (χ0) is 12.5. The minimum absolute atomic E-state index is 0.724. The normalized spacial score (nSPS) is 12.4. The number of rotatable bonds is 8. The van der Waals surface area contributed by atoms with Crippen molar-refractivity contribution in [2.75, 3.05) is 19.4 Å². The number of benzene rings is 1. The summed E-state index contributed by atoms with van der Waals surface area (Å²) in [5.41, 5.74) is 1.28.